The number of aryl methyl sites for hydroxylation is 1. The minimum atomic E-state index is 0.710. The average molecular weight is 243 g/mol. The number of alkyl halides is 1. The molecule has 0 atom stereocenters. The van der Waals surface area contributed by atoms with Crippen LogP contribution in [0, 0.1) is 5.92 Å². The number of hydrogen-bond donors (Lipinski definition) is 0. The van der Waals surface area contributed by atoms with E-state index in [0.717, 1.165) is 37.9 Å². The van der Waals surface area contributed by atoms with Gasteiger partial charge in [-0.2, -0.15) is 5.10 Å². The zero-order valence-corrected chi connectivity index (χ0v) is 10.5. The van der Waals surface area contributed by atoms with Gasteiger partial charge in [-0.1, -0.05) is 0 Å². The lowest BCUT2D eigenvalue weighted by molar-refractivity contribution is 0.180. The molecule has 1 saturated heterocycles. The van der Waals surface area contributed by atoms with Crippen molar-refractivity contribution in [3.8, 4) is 0 Å². The van der Waals surface area contributed by atoms with E-state index in [1.165, 1.54) is 12.8 Å². The zero-order chi connectivity index (χ0) is 11.4. The molecule has 1 aromatic heterocycles. The molecule has 0 aliphatic carbocycles. The highest BCUT2D eigenvalue weighted by Gasteiger charge is 2.19. The first-order chi connectivity index (χ1) is 7.83. The summed E-state index contributed by atoms with van der Waals surface area (Å²) in [6.07, 6.45) is 4.07. The van der Waals surface area contributed by atoms with E-state index < -0.39 is 0 Å². The van der Waals surface area contributed by atoms with Gasteiger partial charge in [0.15, 0.2) is 0 Å². The van der Waals surface area contributed by atoms with Gasteiger partial charge in [0, 0.05) is 12.4 Å². The van der Waals surface area contributed by atoms with E-state index in [4.69, 9.17) is 11.6 Å². The Morgan fingerprint density at radius 1 is 1.44 bits per heavy atom. The van der Waals surface area contributed by atoms with Crippen LogP contribution in [0.5, 0.6) is 0 Å². The number of hydrogen-bond acceptors (Lipinski definition) is 3. The highest BCUT2D eigenvalue weighted by Crippen LogP contribution is 2.19. The van der Waals surface area contributed by atoms with Crippen LogP contribution in [0.4, 0.5) is 0 Å². The molecular formula is C11H19ClN4. The van der Waals surface area contributed by atoms with Crippen molar-refractivity contribution in [2.45, 2.75) is 32.9 Å². The molecule has 2 rings (SSSR count). The first-order valence-corrected chi connectivity index (χ1v) is 6.52. The summed E-state index contributed by atoms with van der Waals surface area (Å²) < 4.78 is 1.97. The van der Waals surface area contributed by atoms with Gasteiger partial charge >= 0.3 is 0 Å². The molecule has 0 bridgehead atoms. The van der Waals surface area contributed by atoms with Crippen LogP contribution in [0.15, 0.2) is 6.33 Å². The summed E-state index contributed by atoms with van der Waals surface area (Å²) in [7, 11) is 0. The van der Waals surface area contributed by atoms with Crippen LogP contribution < -0.4 is 0 Å². The Labute approximate surface area is 102 Å². The van der Waals surface area contributed by atoms with Crippen LogP contribution in [0.1, 0.15) is 25.6 Å². The average Bonchev–Trinajstić information content (AvgIpc) is 2.77. The number of rotatable bonds is 4. The highest BCUT2D eigenvalue weighted by atomic mass is 35.5. The predicted molar refractivity (Wildman–Crippen MR) is 64.4 cm³/mol. The SMILES string of the molecule is CCn1ncnc1CN1CCC(CCl)CC1. The normalized spacial score (nSPS) is 19.1. The molecule has 0 radical (unpaired) electrons. The van der Waals surface area contributed by atoms with E-state index in [9.17, 15) is 0 Å². The van der Waals surface area contributed by atoms with Crippen molar-refractivity contribution in [2.75, 3.05) is 19.0 Å². The molecule has 1 fully saturated rings. The van der Waals surface area contributed by atoms with Crippen molar-refractivity contribution in [3.63, 3.8) is 0 Å². The van der Waals surface area contributed by atoms with Crippen LogP contribution in [-0.4, -0.2) is 38.6 Å². The topological polar surface area (TPSA) is 34.0 Å². The van der Waals surface area contributed by atoms with Gasteiger partial charge in [0.2, 0.25) is 0 Å². The van der Waals surface area contributed by atoms with E-state index in [0.29, 0.717) is 5.92 Å². The standard InChI is InChI=1S/C11H19ClN4/c1-2-16-11(13-9-14-16)8-15-5-3-10(7-12)4-6-15/h9-10H,2-8H2,1H3. The van der Waals surface area contributed by atoms with E-state index in [-0.39, 0.29) is 0 Å². The van der Waals surface area contributed by atoms with E-state index in [2.05, 4.69) is 21.9 Å². The molecule has 90 valence electrons. The quantitative estimate of drug-likeness (QED) is 0.755. The van der Waals surface area contributed by atoms with E-state index in [1.807, 2.05) is 4.68 Å². The fourth-order valence-corrected chi connectivity index (χ4v) is 2.48. The molecule has 0 aromatic carbocycles. The minimum Gasteiger partial charge on any atom is -0.296 e. The Kier molecular flexibility index (Phi) is 4.18. The van der Waals surface area contributed by atoms with E-state index in [1.54, 1.807) is 6.33 Å². The van der Waals surface area contributed by atoms with Crippen LogP contribution in [0.25, 0.3) is 0 Å². The molecule has 2 heterocycles. The highest BCUT2D eigenvalue weighted by molar-refractivity contribution is 6.18. The second kappa shape index (κ2) is 5.64. The Morgan fingerprint density at radius 3 is 2.81 bits per heavy atom. The van der Waals surface area contributed by atoms with Crippen molar-refractivity contribution in [2.24, 2.45) is 5.92 Å². The number of aromatic nitrogens is 3. The predicted octanol–water partition coefficient (Wildman–Crippen LogP) is 1.75. The molecule has 1 aromatic rings. The monoisotopic (exact) mass is 242 g/mol. The molecule has 4 nitrogen and oxygen atoms in total. The molecule has 0 amide bonds. The first-order valence-electron chi connectivity index (χ1n) is 5.98. The summed E-state index contributed by atoms with van der Waals surface area (Å²) in [6.45, 7) is 6.18. The summed E-state index contributed by atoms with van der Waals surface area (Å²) in [5.74, 6) is 2.59. The van der Waals surface area contributed by atoms with Gasteiger partial charge in [0.1, 0.15) is 12.2 Å². The van der Waals surface area contributed by atoms with Crippen LogP contribution in [-0.2, 0) is 13.1 Å². The molecular weight excluding hydrogens is 224 g/mol. The maximum absolute atomic E-state index is 5.87. The van der Waals surface area contributed by atoms with Crippen LogP contribution in [0.3, 0.4) is 0 Å². The van der Waals surface area contributed by atoms with Gasteiger partial charge in [-0.3, -0.25) is 4.90 Å². The maximum atomic E-state index is 5.87. The lowest BCUT2D eigenvalue weighted by Crippen LogP contribution is -2.34. The third-order valence-corrected chi connectivity index (χ3v) is 3.72. The molecule has 1 aliphatic heterocycles. The first kappa shape index (κ1) is 11.9. The summed E-state index contributed by atoms with van der Waals surface area (Å²) in [4.78, 5) is 6.75. The van der Waals surface area contributed by atoms with Crippen LogP contribution >= 0.6 is 11.6 Å². The van der Waals surface area contributed by atoms with E-state index >= 15 is 0 Å². The summed E-state index contributed by atoms with van der Waals surface area (Å²) in [5, 5.41) is 4.19. The van der Waals surface area contributed by atoms with Crippen molar-refractivity contribution in [3.05, 3.63) is 12.2 Å². The zero-order valence-electron chi connectivity index (χ0n) is 9.77. The smallest absolute Gasteiger partial charge is 0.140 e. The van der Waals surface area contributed by atoms with Gasteiger partial charge in [0.25, 0.3) is 0 Å². The Bertz CT molecular complexity index is 318. The second-order valence-corrected chi connectivity index (χ2v) is 4.67. The lowest BCUT2D eigenvalue weighted by Gasteiger charge is -2.30. The summed E-state index contributed by atoms with van der Waals surface area (Å²) in [6, 6.07) is 0. The van der Waals surface area contributed by atoms with Gasteiger partial charge in [-0.05, 0) is 38.8 Å². The molecule has 0 N–H and O–H groups in total. The van der Waals surface area contributed by atoms with Crippen molar-refractivity contribution in [1.29, 1.82) is 0 Å². The summed E-state index contributed by atoms with van der Waals surface area (Å²) >= 11 is 5.87. The fourth-order valence-electron chi connectivity index (χ4n) is 2.17. The van der Waals surface area contributed by atoms with Gasteiger partial charge in [0.05, 0.1) is 6.54 Å². The molecule has 0 unspecified atom stereocenters. The van der Waals surface area contributed by atoms with Crippen molar-refractivity contribution >= 4 is 11.6 Å². The second-order valence-electron chi connectivity index (χ2n) is 4.37. The third-order valence-electron chi connectivity index (χ3n) is 3.29. The molecule has 0 spiro atoms. The Balaban J connectivity index is 1.87. The van der Waals surface area contributed by atoms with Gasteiger partial charge in [-0.25, -0.2) is 9.67 Å². The maximum Gasteiger partial charge on any atom is 0.140 e. The van der Waals surface area contributed by atoms with Crippen LogP contribution in [0.2, 0.25) is 0 Å². The van der Waals surface area contributed by atoms with Gasteiger partial charge < -0.3 is 0 Å². The largest absolute Gasteiger partial charge is 0.296 e. The Morgan fingerprint density at radius 2 is 2.19 bits per heavy atom. The number of nitrogens with zero attached hydrogens (tertiary/aromatic N) is 4. The minimum absolute atomic E-state index is 0.710. The molecule has 1 aliphatic rings. The molecule has 5 heteroatoms. The lowest BCUT2D eigenvalue weighted by atomic mass is 9.99. The molecule has 16 heavy (non-hydrogen) atoms. The number of halogens is 1. The number of likely N-dealkylation sites (tertiary alicyclic amines) is 1. The third kappa shape index (κ3) is 2.74. The number of piperidine rings is 1. The summed E-state index contributed by atoms with van der Waals surface area (Å²) in [5.41, 5.74) is 0. The van der Waals surface area contributed by atoms with Crippen molar-refractivity contribution in [1.82, 2.24) is 19.7 Å². The molecule has 0 saturated carbocycles. The van der Waals surface area contributed by atoms with Gasteiger partial charge in [-0.15, -0.1) is 11.6 Å². The Hall–Kier alpha value is -0.610. The van der Waals surface area contributed by atoms with Crippen molar-refractivity contribution < 1.29 is 0 Å². The fraction of sp³-hybridized carbons (Fsp3) is 0.818.